The maximum absolute atomic E-state index is 4.03. The Kier molecular flexibility index (Phi) is 3.99. The first-order chi connectivity index (χ1) is 8.66. The summed E-state index contributed by atoms with van der Waals surface area (Å²) in [6, 6.07) is 8.85. The predicted octanol–water partition coefficient (Wildman–Crippen LogP) is 5.09. The highest BCUT2D eigenvalue weighted by Gasteiger charge is 2.02. The van der Waals surface area contributed by atoms with E-state index in [-0.39, 0.29) is 0 Å². The fraction of sp³-hybridized carbons (Fsp3) is 0.222. The summed E-state index contributed by atoms with van der Waals surface area (Å²) in [6.45, 7) is 9.97. The van der Waals surface area contributed by atoms with Gasteiger partial charge in [0.25, 0.3) is 0 Å². The van der Waals surface area contributed by atoms with Crippen molar-refractivity contribution in [2.45, 2.75) is 26.2 Å². The van der Waals surface area contributed by atoms with Gasteiger partial charge in [-0.25, -0.2) is 0 Å². The number of hydrogen-bond donors (Lipinski definition) is 0. The summed E-state index contributed by atoms with van der Waals surface area (Å²) in [5, 5.41) is 0. The van der Waals surface area contributed by atoms with Crippen LogP contribution >= 0.6 is 0 Å². The van der Waals surface area contributed by atoms with Gasteiger partial charge in [0.2, 0.25) is 0 Å². The Labute approximate surface area is 110 Å². The largest absolute Gasteiger partial charge is 0.0959 e. The van der Waals surface area contributed by atoms with Crippen molar-refractivity contribution in [1.29, 1.82) is 0 Å². The molecule has 92 valence electrons. The van der Waals surface area contributed by atoms with Crippen LogP contribution in [0.1, 0.15) is 30.9 Å². The van der Waals surface area contributed by atoms with Gasteiger partial charge in [0.1, 0.15) is 0 Å². The second-order valence-electron chi connectivity index (χ2n) is 4.88. The lowest BCUT2D eigenvalue weighted by molar-refractivity contribution is 0.953. The number of hydrogen-bond acceptors (Lipinski definition) is 0. The molecule has 0 spiro atoms. The summed E-state index contributed by atoms with van der Waals surface area (Å²) in [5.74, 6) is 0. The second kappa shape index (κ2) is 5.68. The molecule has 1 aliphatic rings. The molecule has 0 heteroatoms. The van der Waals surface area contributed by atoms with Crippen molar-refractivity contribution < 1.29 is 0 Å². The lowest BCUT2D eigenvalue weighted by atomic mass is 9.99. The minimum absolute atomic E-state index is 0.997. The first-order valence-corrected chi connectivity index (χ1v) is 6.46. The summed E-state index contributed by atoms with van der Waals surface area (Å²) in [4.78, 5) is 0. The van der Waals surface area contributed by atoms with Crippen LogP contribution in [0, 0.1) is 0 Å². The van der Waals surface area contributed by atoms with Gasteiger partial charge in [0.15, 0.2) is 0 Å². The Morgan fingerprint density at radius 2 is 1.89 bits per heavy atom. The Morgan fingerprint density at radius 3 is 2.44 bits per heavy atom. The van der Waals surface area contributed by atoms with Gasteiger partial charge in [-0.05, 0) is 42.9 Å². The van der Waals surface area contributed by atoms with E-state index in [1.165, 1.54) is 16.7 Å². The normalized spacial score (nSPS) is 13.5. The van der Waals surface area contributed by atoms with Crippen LogP contribution in [0.5, 0.6) is 0 Å². The van der Waals surface area contributed by atoms with Crippen LogP contribution < -0.4 is 0 Å². The van der Waals surface area contributed by atoms with Gasteiger partial charge in [-0.1, -0.05) is 66.8 Å². The molecule has 0 fully saturated rings. The van der Waals surface area contributed by atoms with Gasteiger partial charge < -0.3 is 0 Å². The Hall–Kier alpha value is -1.82. The Morgan fingerprint density at radius 1 is 1.17 bits per heavy atom. The molecule has 0 unspecified atom stereocenters. The van der Waals surface area contributed by atoms with E-state index >= 15 is 0 Å². The van der Waals surface area contributed by atoms with Crippen molar-refractivity contribution in [2.75, 3.05) is 0 Å². The van der Waals surface area contributed by atoms with Crippen molar-refractivity contribution in [1.82, 2.24) is 0 Å². The summed E-state index contributed by atoms with van der Waals surface area (Å²) in [7, 11) is 0. The van der Waals surface area contributed by atoms with Gasteiger partial charge in [0.05, 0.1) is 0 Å². The fourth-order valence-electron chi connectivity index (χ4n) is 2.04. The standard InChI is InChI=1S/C18H20/c1-14(2)15(3)8-9-16-10-12-18(13-11-16)17-6-4-5-7-17/h4,6-7,10-13H,1,3,5,8-9H2,2H3. The molecule has 0 saturated heterocycles. The van der Waals surface area contributed by atoms with Crippen LogP contribution in [0.15, 0.2) is 66.8 Å². The van der Waals surface area contributed by atoms with E-state index in [2.05, 4.69) is 55.7 Å². The first kappa shape index (κ1) is 12.6. The summed E-state index contributed by atoms with van der Waals surface area (Å²) in [5.41, 5.74) is 6.26. The van der Waals surface area contributed by atoms with Crippen LogP contribution in [0.2, 0.25) is 0 Å². The smallest absolute Gasteiger partial charge is 0.0157 e. The molecule has 0 radical (unpaired) electrons. The quantitative estimate of drug-likeness (QED) is 0.624. The highest BCUT2D eigenvalue weighted by Crippen LogP contribution is 2.22. The van der Waals surface area contributed by atoms with Gasteiger partial charge in [-0.3, -0.25) is 0 Å². The van der Waals surface area contributed by atoms with E-state index in [0.29, 0.717) is 0 Å². The Bertz CT molecular complexity index is 509. The zero-order valence-corrected chi connectivity index (χ0v) is 11.1. The molecule has 0 saturated carbocycles. The number of rotatable bonds is 5. The van der Waals surface area contributed by atoms with Crippen LogP contribution in [-0.2, 0) is 6.42 Å². The molecular formula is C18H20. The van der Waals surface area contributed by atoms with Crippen molar-refractivity contribution in [3.8, 4) is 0 Å². The van der Waals surface area contributed by atoms with Crippen molar-refractivity contribution in [3.05, 3.63) is 77.9 Å². The molecule has 0 aliphatic heterocycles. The molecule has 0 atom stereocenters. The van der Waals surface area contributed by atoms with E-state index in [1.54, 1.807) is 0 Å². The van der Waals surface area contributed by atoms with Gasteiger partial charge in [0, 0.05) is 0 Å². The first-order valence-electron chi connectivity index (χ1n) is 6.46. The molecule has 18 heavy (non-hydrogen) atoms. The molecule has 1 aliphatic carbocycles. The van der Waals surface area contributed by atoms with E-state index in [0.717, 1.165) is 30.4 Å². The third-order valence-corrected chi connectivity index (χ3v) is 3.38. The van der Waals surface area contributed by atoms with Crippen molar-refractivity contribution in [2.24, 2.45) is 0 Å². The van der Waals surface area contributed by atoms with Crippen molar-refractivity contribution >= 4 is 5.57 Å². The third-order valence-electron chi connectivity index (χ3n) is 3.38. The lowest BCUT2D eigenvalue weighted by Gasteiger charge is -2.06. The summed E-state index contributed by atoms with van der Waals surface area (Å²) < 4.78 is 0. The minimum atomic E-state index is 0.997. The lowest BCUT2D eigenvalue weighted by Crippen LogP contribution is -1.90. The molecule has 0 amide bonds. The zero-order chi connectivity index (χ0) is 13.0. The highest BCUT2D eigenvalue weighted by molar-refractivity contribution is 5.76. The molecule has 0 nitrogen and oxygen atoms in total. The van der Waals surface area contributed by atoms with Crippen LogP contribution in [-0.4, -0.2) is 0 Å². The number of aryl methyl sites for hydroxylation is 1. The van der Waals surface area contributed by atoms with Gasteiger partial charge in [-0.2, -0.15) is 0 Å². The van der Waals surface area contributed by atoms with Gasteiger partial charge in [-0.15, -0.1) is 0 Å². The average Bonchev–Trinajstić information content (AvgIpc) is 2.90. The number of allylic oxidation sites excluding steroid dienone is 6. The van der Waals surface area contributed by atoms with Crippen LogP contribution in [0.25, 0.3) is 5.57 Å². The van der Waals surface area contributed by atoms with E-state index in [9.17, 15) is 0 Å². The fourth-order valence-corrected chi connectivity index (χ4v) is 2.04. The molecule has 2 rings (SSSR count). The molecule has 1 aromatic carbocycles. The molecule has 1 aromatic rings. The highest BCUT2D eigenvalue weighted by atomic mass is 14.1. The second-order valence-corrected chi connectivity index (χ2v) is 4.88. The van der Waals surface area contributed by atoms with E-state index in [1.807, 2.05) is 6.92 Å². The maximum Gasteiger partial charge on any atom is -0.0157 e. The SMILES string of the molecule is C=C(C)C(=C)CCc1ccc(C2=CCC=C2)cc1. The average molecular weight is 236 g/mol. The molecule has 0 heterocycles. The topological polar surface area (TPSA) is 0 Å². The van der Waals surface area contributed by atoms with Crippen LogP contribution in [0.4, 0.5) is 0 Å². The third kappa shape index (κ3) is 3.10. The minimum Gasteiger partial charge on any atom is -0.0959 e. The molecule has 0 aromatic heterocycles. The van der Waals surface area contributed by atoms with E-state index < -0.39 is 0 Å². The predicted molar refractivity (Wildman–Crippen MR) is 80.5 cm³/mol. The molecular weight excluding hydrogens is 216 g/mol. The monoisotopic (exact) mass is 236 g/mol. The number of benzene rings is 1. The van der Waals surface area contributed by atoms with E-state index in [4.69, 9.17) is 0 Å². The summed E-state index contributed by atoms with van der Waals surface area (Å²) in [6.07, 6.45) is 9.75. The molecule has 0 bridgehead atoms. The van der Waals surface area contributed by atoms with Gasteiger partial charge >= 0.3 is 0 Å². The van der Waals surface area contributed by atoms with Crippen molar-refractivity contribution in [3.63, 3.8) is 0 Å². The maximum atomic E-state index is 4.03. The Balaban J connectivity index is 1.98. The zero-order valence-electron chi connectivity index (χ0n) is 11.1. The van der Waals surface area contributed by atoms with Crippen LogP contribution in [0.3, 0.4) is 0 Å². The summed E-state index contributed by atoms with van der Waals surface area (Å²) >= 11 is 0. The molecule has 0 N–H and O–H groups in total.